The Morgan fingerprint density at radius 2 is 1.65 bits per heavy atom. The van der Waals surface area contributed by atoms with Gasteiger partial charge in [0.1, 0.15) is 12.1 Å². The number of hydrogen-bond acceptors (Lipinski definition) is 4. The Labute approximate surface area is 181 Å². The monoisotopic (exact) mass is 422 g/mol. The zero-order valence-corrected chi connectivity index (χ0v) is 17.6. The summed E-state index contributed by atoms with van der Waals surface area (Å²) in [5, 5.41) is 12.0. The molecule has 162 valence electrons. The van der Waals surface area contributed by atoms with Crippen molar-refractivity contribution in [3.8, 4) is 11.1 Å². The zero-order chi connectivity index (χ0) is 22.2. The number of ether oxygens (including phenoxy) is 1. The summed E-state index contributed by atoms with van der Waals surface area (Å²) < 4.78 is 5.50. The third kappa shape index (κ3) is 3.87. The summed E-state index contributed by atoms with van der Waals surface area (Å²) in [6.45, 7) is 1.90. The fraction of sp³-hybridized carbons (Fsp3) is 0.375. The van der Waals surface area contributed by atoms with Crippen molar-refractivity contribution in [1.29, 1.82) is 0 Å². The molecule has 0 unspecified atom stereocenters. The van der Waals surface area contributed by atoms with E-state index in [1.54, 1.807) is 6.92 Å². The molecule has 2 aliphatic rings. The Morgan fingerprint density at radius 1 is 1.10 bits per heavy atom. The van der Waals surface area contributed by atoms with Crippen LogP contribution in [0.4, 0.5) is 4.79 Å². The molecule has 1 fully saturated rings. The van der Waals surface area contributed by atoms with Crippen LogP contribution in [0.2, 0.25) is 0 Å². The minimum atomic E-state index is -1.08. The highest BCUT2D eigenvalue weighted by molar-refractivity contribution is 5.89. The topological polar surface area (TPSA) is 95.9 Å². The molecule has 2 aromatic carbocycles. The SMILES string of the molecule is C[C@@H](CC(=O)N(C)C1(C(=O)O)CC1)NC(=O)OCC1c2ccccc2-c2ccccc21. The number of nitrogens with zero attached hydrogens (tertiary/aromatic N) is 1. The Bertz CT molecular complexity index is 985. The first-order valence-electron chi connectivity index (χ1n) is 10.4. The van der Waals surface area contributed by atoms with Crippen molar-refractivity contribution in [1.82, 2.24) is 10.2 Å². The van der Waals surface area contributed by atoms with Crippen LogP contribution in [0.5, 0.6) is 0 Å². The summed E-state index contributed by atoms with van der Waals surface area (Å²) in [6, 6.07) is 15.7. The highest BCUT2D eigenvalue weighted by Gasteiger charge is 2.55. The molecule has 2 aliphatic carbocycles. The van der Waals surface area contributed by atoms with Gasteiger partial charge in [0.25, 0.3) is 0 Å². The van der Waals surface area contributed by atoms with Gasteiger partial charge in [0.05, 0.1) is 0 Å². The van der Waals surface area contributed by atoms with E-state index in [0.29, 0.717) is 12.8 Å². The lowest BCUT2D eigenvalue weighted by Gasteiger charge is -2.26. The predicted octanol–water partition coefficient (Wildman–Crippen LogP) is 3.38. The van der Waals surface area contributed by atoms with Crippen molar-refractivity contribution in [2.24, 2.45) is 0 Å². The molecule has 0 heterocycles. The van der Waals surface area contributed by atoms with Gasteiger partial charge in [-0.15, -0.1) is 0 Å². The number of nitrogens with one attached hydrogen (secondary N) is 1. The quantitative estimate of drug-likeness (QED) is 0.713. The van der Waals surface area contributed by atoms with Crippen molar-refractivity contribution in [3.63, 3.8) is 0 Å². The van der Waals surface area contributed by atoms with Crippen molar-refractivity contribution in [3.05, 3.63) is 59.7 Å². The Balaban J connectivity index is 1.33. The number of rotatable bonds is 7. The number of alkyl carbamates (subject to hydrolysis) is 1. The lowest BCUT2D eigenvalue weighted by atomic mass is 9.98. The molecule has 31 heavy (non-hydrogen) atoms. The average molecular weight is 422 g/mol. The Hall–Kier alpha value is -3.35. The fourth-order valence-corrected chi connectivity index (χ4v) is 4.34. The van der Waals surface area contributed by atoms with E-state index in [0.717, 1.165) is 22.3 Å². The van der Waals surface area contributed by atoms with Crippen LogP contribution >= 0.6 is 0 Å². The molecule has 7 nitrogen and oxygen atoms in total. The van der Waals surface area contributed by atoms with Gasteiger partial charge in [-0.1, -0.05) is 48.5 Å². The van der Waals surface area contributed by atoms with Gasteiger partial charge in [0.2, 0.25) is 5.91 Å². The van der Waals surface area contributed by atoms with Gasteiger partial charge < -0.3 is 20.1 Å². The van der Waals surface area contributed by atoms with Crippen molar-refractivity contribution < 1.29 is 24.2 Å². The number of carbonyl (C=O) groups excluding carboxylic acids is 2. The average Bonchev–Trinajstić information content (AvgIpc) is 3.50. The van der Waals surface area contributed by atoms with Crippen LogP contribution in [0, 0.1) is 0 Å². The van der Waals surface area contributed by atoms with Gasteiger partial charge >= 0.3 is 12.1 Å². The van der Waals surface area contributed by atoms with Crippen LogP contribution < -0.4 is 5.32 Å². The molecule has 1 saturated carbocycles. The van der Waals surface area contributed by atoms with Gasteiger partial charge in [-0.05, 0) is 42.0 Å². The normalized spacial score (nSPS) is 16.6. The van der Waals surface area contributed by atoms with Gasteiger partial charge in [-0.25, -0.2) is 9.59 Å². The highest BCUT2D eigenvalue weighted by Crippen LogP contribution is 2.44. The molecule has 0 radical (unpaired) electrons. The van der Waals surface area contributed by atoms with E-state index in [4.69, 9.17) is 4.74 Å². The fourth-order valence-electron chi connectivity index (χ4n) is 4.34. The number of benzene rings is 2. The van der Waals surface area contributed by atoms with Crippen LogP contribution in [0.1, 0.15) is 43.2 Å². The maximum absolute atomic E-state index is 12.4. The largest absolute Gasteiger partial charge is 0.479 e. The summed E-state index contributed by atoms with van der Waals surface area (Å²) >= 11 is 0. The molecule has 0 bridgehead atoms. The number of carboxylic acids is 1. The standard InChI is InChI=1S/C24H26N2O5/c1-15(13-21(27)26(2)24(11-12-24)22(28)29)25-23(30)31-14-20-18-9-5-3-7-16(18)17-8-4-6-10-19(17)20/h3-10,15,20H,11-14H2,1-2H3,(H,25,30)(H,28,29)/t15-/m0/s1. The summed E-state index contributed by atoms with van der Waals surface area (Å²) in [5.74, 6) is -1.33. The zero-order valence-electron chi connectivity index (χ0n) is 17.6. The van der Waals surface area contributed by atoms with Crippen LogP contribution in [-0.4, -0.2) is 53.2 Å². The Kier molecular flexibility index (Phi) is 5.43. The molecular weight excluding hydrogens is 396 g/mol. The van der Waals surface area contributed by atoms with Crippen LogP contribution in [0.3, 0.4) is 0 Å². The van der Waals surface area contributed by atoms with Gasteiger partial charge in [-0.2, -0.15) is 0 Å². The highest BCUT2D eigenvalue weighted by atomic mass is 16.5. The van der Waals surface area contributed by atoms with Crippen LogP contribution in [-0.2, 0) is 14.3 Å². The second-order valence-electron chi connectivity index (χ2n) is 8.36. The minimum absolute atomic E-state index is 0.00965. The van der Waals surface area contributed by atoms with Crippen molar-refractivity contribution >= 4 is 18.0 Å². The first-order chi connectivity index (χ1) is 14.8. The molecule has 7 heteroatoms. The number of carboxylic acid groups (broad SMARTS) is 1. The van der Waals surface area contributed by atoms with E-state index >= 15 is 0 Å². The van der Waals surface area contributed by atoms with E-state index in [2.05, 4.69) is 29.6 Å². The van der Waals surface area contributed by atoms with Gasteiger partial charge in [-0.3, -0.25) is 4.79 Å². The third-order valence-corrected chi connectivity index (χ3v) is 6.33. The predicted molar refractivity (Wildman–Crippen MR) is 115 cm³/mol. The molecule has 0 aliphatic heterocycles. The van der Waals surface area contributed by atoms with Gasteiger partial charge in [0, 0.05) is 25.4 Å². The lowest BCUT2D eigenvalue weighted by Crippen LogP contribution is -2.47. The van der Waals surface area contributed by atoms with E-state index in [-0.39, 0.29) is 24.9 Å². The molecular formula is C24H26N2O5. The van der Waals surface area contributed by atoms with E-state index in [1.807, 2.05) is 24.3 Å². The molecule has 2 amide bonds. The van der Waals surface area contributed by atoms with E-state index < -0.39 is 23.6 Å². The second-order valence-corrected chi connectivity index (χ2v) is 8.36. The number of carbonyl (C=O) groups is 3. The smallest absolute Gasteiger partial charge is 0.407 e. The second kappa shape index (κ2) is 8.06. The minimum Gasteiger partial charge on any atom is -0.479 e. The summed E-state index contributed by atoms with van der Waals surface area (Å²) in [7, 11) is 1.50. The molecule has 0 spiro atoms. The van der Waals surface area contributed by atoms with Crippen molar-refractivity contribution in [2.75, 3.05) is 13.7 Å². The summed E-state index contributed by atoms with van der Waals surface area (Å²) in [6.07, 6.45) is 0.331. The number of aliphatic carboxylic acids is 1. The molecule has 2 aromatic rings. The number of fused-ring (bicyclic) bond motifs is 3. The number of hydrogen-bond donors (Lipinski definition) is 2. The lowest BCUT2D eigenvalue weighted by molar-refractivity contribution is -0.151. The Morgan fingerprint density at radius 3 is 2.16 bits per heavy atom. The van der Waals surface area contributed by atoms with Crippen LogP contribution in [0.25, 0.3) is 11.1 Å². The maximum Gasteiger partial charge on any atom is 0.407 e. The summed E-state index contributed by atoms with van der Waals surface area (Å²) in [4.78, 5) is 37.5. The first-order valence-corrected chi connectivity index (χ1v) is 10.4. The first kappa shape index (κ1) is 20.9. The van der Waals surface area contributed by atoms with Crippen molar-refractivity contribution in [2.45, 2.75) is 43.7 Å². The molecule has 0 saturated heterocycles. The number of likely N-dealkylation sites (N-methyl/N-ethyl adjacent to an activating group) is 1. The summed E-state index contributed by atoms with van der Waals surface area (Å²) in [5.41, 5.74) is 3.48. The van der Waals surface area contributed by atoms with E-state index in [1.165, 1.54) is 11.9 Å². The third-order valence-electron chi connectivity index (χ3n) is 6.33. The van der Waals surface area contributed by atoms with Gasteiger partial charge in [0.15, 0.2) is 0 Å². The maximum atomic E-state index is 12.4. The molecule has 2 N–H and O–H groups in total. The molecule has 4 rings (SSSR count). The number of amides is 2. The molecule has 0 aromatic heterocycles. The molecule has 1 atom stereocenters. The van der Waals surface area contributed by atoms with E-state index in [9.17, 15) is 19.5 Å². The van der Waals surface area contributed by atoms with Crippen LogP contribution in [0.15, 0.2) is 48.5 Å².